The third kappa shape index (κ3) is 2.92. The average Bonchev–Trinajstić information content (AvgIpc) is 3.25. The van der Waals surface area contributed by atoms with E-state index in [0.717, 1.165) is 54.9 Å². The average molecular weight is 396 g/mol. The fourth-order valence-electron chi connectivity index (χ4n) is 4.93. The number of amides is 1. The van der Waals surface area contributed by atoms with E-state index in [2.05, 4.69) is 26.3 Å². The number of hydrogen-bond donors (Lipinski definition) is 2. The third-order valence-electron chi connectivity index (χ3n) is 6.12. The second-order valence-electron chi connectivity index (χ2n) is 7.82. The predicted molar refractivity (Wildman–Crippen MR) is 111 cm³/mol. The van der Waals surface area contributed by atoms with Gasteiger partial charge in [-0.15, -0.1) is 0 Å². The van der Waals surface area contributed by atoms with Gasteiger partial charge in [0.15, 0.2) is 0 Å². The Balaban J connectivity index is 1.40. The van der Waals surface area contributed by atoms with Crippen molar-refractivity contribution < 1.29 is 4.79 Å². The number of carbonyl (C=O) groups is 1. The van der Waals surface area contributed by atoms with Crippen LogP contribution in [0.5, 0.6) is 0 Å². The van der Waals surface area contributed by atoms with Crippen LogP contribution in [0.2, 0.25) is 5.02 Å². The zero-order valence-electron chi connectivity index (χ0n) is 15.4. The van der Waals surface area contributed by atoms with Gasteiger partial charge < -0.3 is 16.0 Å². The lowest BCUT2D eigenvalue weighted by molar-refractivity contribution is 0.100. The molecule has 2 atom stereocenters. The molecule has 2 aromatic rings. The molecule has 3 N–H and O–H groups in total. The number of pyridine rings is 2. The molecule has 2 bridgehead atoms. The maximum Gasteiger partial charge on any atom is 0.252 e. The summed E-state index contributed by atoms with van der Waals surface area (Å²) in [6, 6.07) is 5.08. The topological polar surface area (TPSA) is 84.1 Å². The molecule has 0 aromatic carbocycles. The van der Waals surface area contributed by atoms with Crippen LogP contribution in [-0.4, -0.2) is 34.0 Å². The van der Waals surface area contributed by atoms with Gasteiger partial charge in [-0.25, -0.2) is 4.98 Å². The summed E-state index contributed by atoms with van der Waals surface area (Å²) in [6.07, 6.45) is 12.6. The minimum Gasteiger partial charge on any atom is -0.381 e. The van der Waals surface area contributed by atoms with Crippen molar-refractivity contribution in [3.05, 3.63) is 52.4 Å². The zero-order valence-corrected chi connectivity index (χ0v) is 16.2. The molecule has 2 fully saturated rings. The Labute approximate surface area is 168 Å². The van der Waals surface area contributed by atoms with E-state index in [1.54, 1.807) is 12.4 Å². The van der Waals surface area contributed by atoms with E-state index in [4.69, 9.17) is 17.3 Å². The van der Waals surface area contributed by atoms with Gasteiger partial charge in [0.2, 0.25) is 0 Å². The molecule has 3 aliphatic rings. The quantitative estimate of drug-likeness (QED) is 0.828. The van der Waals surface area contributed by atoms with Gasteiger partial charge in [0.25, 0.3) is 5.91 Å². The fraction of sp³-hybridized carbons (Fsp3) is 0.381. The number of rotatable bonds is 4. The molecule has 7 heteroatoms. The molecule has 28 heavy (non-hydrogen) atoms. The number of primary amides is 1. The van der Waals surface area contributed by atoms with Gasteiger partial charge in [-0.3, -0.25) is 9.78 Å². The van der Waals surface area contributed by atoms with Crippen molar-refractivity contribution in [2.24, 2.45) is 5.73 Å². The Morgan fingerprint density at radius 3 is 2.64 bits per heavy atom. The van der Waals surface area contributed by atoms with Crippen LogP contribution in [0.3, 0.4) is 0 Å². The number of halogens is 1. The van der Waals surface area contributed by atoms with Crippen LogP contribution in [0.1, 0.15) is 47.3 Å². The molecule has 1 aliphatic carbocycles. The predicted octanol–water partition coefficient (Wildman–Crippen LogP) is 3.41. The number of nitrogens with two attached hydrogens (primary N) is 1. The molecule has 6 nitrogen and oxygen atoms in total. The first kappa shape index (κ1) is 17.5. The first-order valence-corrected chi connectivity index (χ1v) is 10.1. The summed E-state index contributed by atoms with van der Waals surface area (Å²) in [6.45, 7) is 0. The normalized spacial score (nSPS) is 25.0. The fourth-order valence-corrected chi connectivity index (χ4v) is 5.04. The van der Waals surface area contributed by atoms with Gasteiger partial charge >= 0.3 is 0 Å². The van der Waals surface area contributed by atoms with Crippen molar-refractivity contribution in [2.75, 3.05) is 10.2 Å². The Morgan fingerprint density at radius 2 is 1.96 bits per heavy atom. The number of aromatic nitrogens is 2. The Kier molecular flexibility index (Phi) is 4.23. The Hall–Kier alpha value is -2.60. The van der Waals surface area contributed by atoms with E-state index < -0.39 is 5.91 Å². The van der Waals surface area contributed by atoms with Crippen molar-refractivity contribution in [2.45, 2.75) is 50.2 Å². The highest BCUT2D eigenvalue weighted by molar-refractivity contribution is 6.30. The maximum atomic E-state index is 12.0. The summed E-state index contributed by atoms with van der Waals surface area (Å²) < 4.78 is 0. The molecule has 2 saturated heterocycles. The summed E-state index contributed by atoms with van der Waals surface area (Å²) in [5.74, 6) is 0.560. The highest BCUT2D eigenvalue weighted by atomic mass is 35.5. The molecule has 0 saturated carbocycles. The number of nitrogens with one attached hydrogen (secondary N) is 1. The summed E-state index contributed by atoms with van der Waals surface area (Å²) in [5, 5.41) is 4.31. The SMILES string of the molecule is NC(=O)c1cnc2c(c1NC1C[C@@H]3CC[C@@H](C1)N3c1ccc(Cl)cn1)C=CC2. The van der Waals surface area contributed by atoms with Crippen molar-refractivity contribution >= 4 is 35.1 Å². The number of nitrogens with zero attached hydrogens (tertiary/aromatic N) is 3. The van der Waals surface area contributed by atoms with E-state index in [0.29, 0.717) is 28.7 Å². The van der Waals surface area contributed by atoms with Crippen molar-refractivity contribution in [1.82, 2.24) is 9.97 Å². The van der Waals surface area contributed by atoms with Crippen LogP contribution in [-0.2, 0) is 6.42 Å². The van der Waals surface area contributed by atoms with E-state index in [-0.39, 0.29) is 0 Å². The van der Waals surface area contributed by atoms with Gasteiger partial charge in [-0.1, -0.05) is 23.8 Å². The number of fused-ring (bicyclic) bond motifs is 3. The number of hydrogen-bond acceptors (Lipinski definition) is 5. The molecule has 4 heterocycles. The van der Waals surface area contributed by atoms with Crippen molar-refractivity contribution in [3.8, 4) is 0 Å². The molecule has 144 valence electrons. The highest BCUT2D eigenvalue weighted by Crippen LogP contribution is 2.40. The molecular weight excluding hydrogens is 374 g/mol. The number of piperidine rings is 1. The van der Waals surface area contributed by atoms with Crippen LogP contribution >= 0.6 is 11.6 Å². The maximum absolute atomic E-state index is 12.0. The minimum atomic E-state index is -0.441. The monoisotopic (exact) mass is 395 g/mol. The van der Waals surface area contributed by atoms with Gasteiger partial charge in [0, 0.05) is 42.5 Å². The van der Waals surface area contributed by atoms with E-state index in [9.17, 15) is 4.79 Å². The van der Waals surface area contributed by atoms with Crippen LogP contribution in [0, 0.1) is 0 Å². The Morgan fingerprint density at radius 1 is 1.18 bits per heavy atom. The number of carbonyl (C=O) groups excluding carboxylic acids is 1. The molecule has 2 aromatic heterocycles. The summed E-state index contributed by atoms with van der Waals surface area (Å²) in [5.41, 5.74) is 8.94. The van der Waals surface area contributed by atoms with Gasteiger partial charge in [0.05, 0.1) is 22.0 Å². The first-order valence-electron chi connectivity index (χ1n) is 9.75. The molecule has 0 radical (unpaired) electrons. The van der Waals surface area contributed by atoms with Crippen LogP contribution in [0.25, 0.3) is 6.08 Å². The van der Waals surface area contributed by atoms with Crippen LogP contribution < -0.4 is 16.0 Å². The molecule has 5 rings (SSSR count). The zero-order chi connectivity index (χ0) is 19.3. The highest BCUT2D eigenvalue weighted by Gasteiger charge is 2.41. The molecule has 0 spiro atoms. The lowest BCUT2D eigenvalue weighted by Gasteiger charge is -2.40. The molecule has 2 aliphatic heterocycles. The largest absolute Gasteiger partial charge is 0.381 e. The number of anilines is 2. The first-order chi connectivity index (χ1) is 13.6. The van der Waals surface area contributed by atoms with E-state index in [1.165, 1.54) is 0 Å². The van der Waals surface area contributed by atoms with Crippen molar-refractivity contribution in [1.29, 1.82) is 0 Å². The third-order valence-corrected chi connectivity index (χ3v) is 6.34. The standard InChI is InChI=1S/C21H22ClN5O/c22-12-4-7-19(25-10-12)27-14-5-6-15(27)9-13(8-14)26-20-16-2-1-3-18(16)24-11-17(20)21(23)28/h1-2,4,7,10-11,13-15H,3,5-6,8-9H2,(H2,23,28)(H,24,26)/t14-,15-/m0/s1. The second kappa shape index (κ2) is 6.78. The molecular formula is C21H22ClN5O. The van der Waals surface area contributed by atoms with Crippen molar-refractivity contribution in [3.63, 3.8) is 0 Å². The van der Waals surface area contributed by atoms with E-state index >= 15 is 0 Å². The molecule has 1 amide bonds. The smallest absolute Gasteiger partial charge is 0.252 e. The lowest BCUT2D eigenvalue weighted by atomic mass is 9.96. The molecule has 0 unspecified atom stereocenters. The summed E-state index contributed by atoms with van der Waals surface area (Å²) in [4.78, 5) is 23.3. The Bertz CT molecular complexity index is 944. The van der Waals surface area contributed by atoms with Gasteiger partial charge in [-0.05, 0) is 37.8 Å². The summed E-state index contributed by atoms with van der Waals surface area (Å²) >= 11 is 6.00. The number of allylic oxidation sites excluding steroid dienone is 1. The summed E-state index contributed by atoms with van der Waals surface area (Å²) in [7, 11) is 0. The van der Waals surface area contributed by atoms with Gasteiger partial charge in [0.1, 0.15) is 5.82 Å². The van der Waals surface area contributed by atoms with Gasteiger partial charge in [-0.2, -0.15) is 0 Å². The van der Waals surface area contributed by atoms with Crippen LogP contribution in [0.4, 0.5) is 11.5 Å². The van der Waals surface area contributed by atoms with Crippen LogP contribution in [0.15, 0.2) is 30.6 Å². The second-order valence-corrected chi connectivity index (χ2v) is 8.25. The van der Waals surface area contributed by atoms with E-state index in [1.807, 2.05) is 18.2 Å². The minimum absolute atomic E-state index is 0.291. The lowest BCUT2D eigenvalue weighted by Crippen LogP contribution is -2.47.